The van der Waals surface area contributed by atoms with Crippen molar-refractivity contribution >= 4 is 17.7 Å². The summed E-state index contributed by atoms with van der Waals surface area (Å²) in [7, 11) is 2.04. The van der Waals surface area contributed by atoms with Crippen LogP contribution in [0.25, 0.3) is 0 Å². The fourth-order valence-electron chi connectivity index (χ4n) is 3.35. The van der Waals surface area contributed by atoms with Gasteiger partial charge in [-0.25, -0.2) is 4.99 Å². The van der Waals surface area contributed by atoms with Crippen molar-refractivity contribution in [3.63, 3.8) is 0 Å². The van der Waals surface area contributed by atoms with Crippen LogP contribution >= 0.6 is 11.8 Å². The molecule has 1 aromatic heterocycles. The molecule has 0 spiro atoms. The maximum absolute atomic E-state index is 4.97. The number of nitrogens with one attached hydrogen (secondary N) is 1. The molecule has 0 unspecified atom stereocenters. The molecule has 6 heteroatoms. The number of nitrogens with zero attached hydrogens (tertiary/aromatic N) is 4. The summed E-state index contributed by atoms with van der Waals surface area (Å²) in [5.41, 5.74) is 3.80. The molecular weight excluding hydrogens is 318 g/mol. The van der Waals surface area contributed by atoms with Crippen LogP contribution in [-0.2, 0) is 26.4 Å². The Morgan fingerprint density at radius 3 is 2.62 bits per heavy atom. The predicted molar refractivity (Wildman–Crippen MR) is 105 cm³/mol. The van der Waals surface area contributed by atoms with Crippen LogP contribution in [0.1, 0.15) is 51.6 Å². The van der Waals surface area contributed by atoms with Crippen molar-refractivity contribution in [2.75, 3.05) is 25.4 Å². The highest BCUT2D eigenvalue weighted by Crippen LogP contribution is 2.29. The van der Waals surface area contributed by atoms with Crippen molar-refractivity contribution in [3.05, 3.63) is 17.0 Å². The van der Waals surface area contributed by atoms with Crippen molar-refractivity contribution in [2.24, 2.45) is 12.0 Å². The third kappa shape index (κ3) is 4.47. The molecule has 2 heterocycles. The molecule has 1 aliphatic heterocycles. The Morgan fingerprint density at radius 2 is 2.04 bits per heavy atom. The quantitative estimate of drug-likeness (QED) is 0.654. The number of aromatic nitrogens is 2. The van der Waals surface area contributed by atoms with Crippen LogP contribution in [0.15, 0.2) is 4.99 Å². The number of guanidine groups is 1. The average molecular weight is 352 g/mol. The molecular formula is C18H33N5S. The molecule has 1 fully saturated rings. The molecule has 136 valence electrons. The lowest BCUT2D eigenvalue weighted by atomic mass is 10.1. The molecule has 0 bridgehead atoms. The van der Waals surface area contributed by atoms with Gasteiger partial charge in [-0.3, -0.25) is 4.68 Å². The van der Waals surface area contributed by atoms with Gasteiger partial charge in [0.2, 0.25) is 0 Å². The zero-order chi connectivity index (χ0) is 17.7. The first-order chi connectivity index (χ1) is 11.4. The Kier molecular flexibility index (Phi) is 6.61. The lowest BCUT2D eigenvalue weighted by Gasteiger charge is -2.39. The van der Waals surface area contributed by atoms with E-state index >= 15 is 0 Å². The van der Waals surface area contributed by atoms with Gasteiger partial charge in [0.15, 0.2) is 5.96 Å². The molecule has 24 heavy (non-hydrogen) atoms. The van der Waals surface area contributed by atoms with Crippen LogP contribution in [0.5, 0.6) is 0 Å². The lowest BCUT2D eigenvalue weighted by Crippen LogP contribution is -2.50. The van der Waals surface area contributed by atoms with Crippen LogP contribution in [0.4, 0.5) is 0 Å². The highest BCUT2D eigenvalue weighted by atomic mass is 32.2. The Balaban J connectivity index is 2.23. The number of hydrogen-bond acceptors (Lipinski definition) is 3. The van der Waals surface area contributed by atoms with E-state index < -0.39 is 0 Å². The van der Waals surface area contributed by atoms with Gasteiger partial charge in [0.05, 0.1) is 12.2 Å². The molecule has 0 aliphatic carbocycles. The molecule has 0 aromatic carbocycles. The molecule has 0 atom stereocenters. The number of aliphatic imine (C=N–C) groups is 1. The van der Waals surface area contributed by atoms with E-state index in [1.165, 1.54) is 17.0 Å². The highest BCUT2D eigenvalue weighted by Gasteiger charge is 2.28. The normalized spacial score (nSPS) is 18.1. The summed E-state index contributed by atoms with van der Waals surface area (Å²) in [5.74, 6) is 2.20. The van der Waals surface area contributed by atoms with E-state index in [4.69, 9.17) is 4.99 Å². The number of thioether (sulfide) groups is 1. The number of hydrogen-bond donors (Lipinski definition) is 1. The van der Waals surface area contributed by atoms with Gasteiger partial charge in [0.1, 0.15) is 0 Å². The predicted octanol–water partition coefficient (Wildman–Crippen LogP) is 2.84. The minimum atomic E-state index is 0.284. The summed E-state index contributed by atoms with van der Waals surface area (Å²) in [5, 5.41) is 8.15. The Labute approximate surface area is 151 Å². The van der Waals surface area contributed by atoms with Crippen LogP contribution in [0.3, 0.4) is 0 Å². The summed E-state index contributed by atoms with van der Waals surface area (Å²) in [6.45, 7) is 14.9. The second-order valence-corrected chi connectivity index (χ2v) is 8.70. The summed E-state index contributed by atoms with van der Waals surface area (Å²) >= 11 is 2.05. The lowest BCUT2D eigenvalue weighted by molar-refractivity contribution is 0.376. The van der Waals surface area contributed by atoms with Crippen LogP contribution in [-0.4, -0.2) is 50.8 Å². The first-order valence-electron chi connectivity index (χ1n) is 9.12. The zero-order valence-electron chi connectivity index (χ0n) is 16.1. The second-order valence-electron chi connectivity index (χ2n) is 6.90. The van der Waals surface area contributed by atoms with Gasteiger partial charge in [-0.2, -0.15) is 16.9 Å². The third-order valence-corrected chi connectivity index (χ3v) is 5.77. The van der Waals surface area contributed by atoms with E-state index in [2.05, 4.69) is 61.7 Å². The smallest absolute Gasteiger partial charge is 0.194 e. The first kappa shape index (κ1) is 19.2. The second kappa shape index (κ2) is 8.28. The summed E-state index contributed by atoms with van der Waals surface area (Å²) in [6.07, 6.45) is 1.96. The summed E-state index contributed by atoms with van der Waals surface area (Å²) in [6, 6.07) is 0. The zero-order valence-corrected chi connectivity index (χ0v) is 17.0. The largest absolute Gasteiger partial charge is 0.357 e. The number of rotatable bonds is 5. The average Bonchev–Trinajstić information content (AvgIpc) is 2.85. The van der Waals surface area contributed by atoms with Crippen molar-refractivity contribution in [1.29, 1.82) is 0 Å². The van der Waals surface area contributed by atoms with Crippen molar-refractivity contribution < 1.29 is 0 Å². The molecule has 2 rings (SSSR count). The third-order valence-electron chi connectivity index (χ3n) is 4.47. The molecule has 1 N–H and O–H groups in total. The van der Waals surface area contributed by atoms with E-state index in [1.54, 1.807) is 0 Å². The molecule has 0 radical (unpaired) electrons. The van der Waals surface area contributed by atoms with Gasteiger partial charge in [-0.05, 0) is 33.6 Å². The van der Waals surface area contributed by atoms with Gasteiger partial charge in [0, 0.05) is 48.4 Å². The van der Waals surface area contributed by atoms with E-state index in [0.29, 0.717) is 6.54 Å². The van der Waals surface area contributed by atoms with Crippen LogP contribution in [0, 0.1) is 0 Å². The van der Waals surface area contributed by atoms with E-state index in [0.717, 1.165) is 44.2 Å². The Bertz CT molecular complexity index is 576. The topological polar surface area (TPSA) is 45.5 Å². The summed E-state index contributed by atoms with van der Waals surface area (Å²) in [4.78, 5) is 7.38. The molecule has 1 saturated heterocycles. The van der Waals surface area contributed by atoms with Crippen LogP contribution < -0.4 is 5.32 Å². The molecule has 1 aliphatic rings. The number of aryl methyl sites for hydroxylation is 2. The van der Waals surface area contributed by atoms with Crippen molar-refractivity contribution in [2.45, 2.75) is 58.8 Å². The van der Waals surface area contributed by atoms with E-state index in [-0.39, 0.29) is 4.75 Å². The summed E-state index contributed by atoms with van der Waals surface area (Å²) < 4.78 is 2.31. The molecule has 1 aromatic rings. The first-order valence-corrected chi connectivity index (χ1v) is 10.1. The molecule has 5 nitrogen and oxygen atoms in total. The van der Waals surface area contributed by atoms with Crippen molar-refractivity contribution in [1.82, 2.24) is 20.0 Å². The van der Waals surface area contributed by atoms with E-state index in [1.807, 2.05) is 11.7 Å². The van der Waals surface area contributed by atoms with Crippen LogP contribution in [0.2, 0.25) is 0 Å². The monoisotopic (exact) mass is 351 g/mol. The van der Waals surface area contributed by atoms with E-state index in [9.17, 15) is 0 Å². The maximum Gasteiger partial charge on any atom is 0.194 e. The van der Waals surface area contributed by atoms with Crippen molar-refractivity contribution in [3.8, 4) is 0 Å². The molecule has 0 saturated carbocycles. The Hall–Kier alpha value is -1.17. The minimum absolute atomic E-state index is 0.284. The fraction of sp³-hybridized carbons (Fsp3) is 0.778. The van der Waals surface area contributed by atoms with Gasteiger partial charge >= 0.3 is 0 Å². The van der Waals surface area contributed by atoms with Gasteiger partial charge in [0.25, 0.3) is 0 Å². The van der Waals surface area contributed by atoms with Gasteiger partial charge in [-0.15, -0.1) is 0 Å². The maximum atomic E-state index is 4.97. The van der Waals surface area contributed by atoms with Gasteiger partial charge < -0.3 is 10.2 Å². The fourth-order valence-corrected chi connectivity index (χ4v) is 4.46. The van der Waals surface area contributed by atoms with Gasteiger partial charge in [-0.1, -0.05) is 13.8 Å². The molecule has 0 amide bonds. The standard InChI is InChI=1S/C18H33N5S/c1-7-15-14(16(8-2)22(6)21-15)12-20-17(19-9-3)23-10-11-24-18(4,5)13-23/h7-13H2,1-6H3,(H,19,20). The Morgan fingerprint density at radius 1 is 1.29 bits per heavy atom. The highest BCUT2D eigenvalue weighted by molar-refractivity contribution is 8.00. The SMILES string of the molecule is CCNC(=NCc1c(CC)nn(C)c1CC)N1CCSC(C)(C)C1. The minimum Gasteiger partial charge on any atom is -0.357 e.